The first-order valence-corrected chi connectivity index (χ1v) is 5.87. The third-order valence-electron chi connectivity index (χ3n) is 2.34. The third kappa shape index (κ3) is 4.32. The number of anilines is 2. The quantitative estimate of drug-likeness (QED) is 0.770. The van der Waals surface area contributed by atoms with E-state index in [0.29, 0.717) is 0 Å². The van der Waals surface area contributed by atoms with Gasteiger partial charge in [0.2, 0.25) is 0 Å². The predicted octanol–water partition coefficient (Wildman–Crippen LogP) is 3.94. The van der Waals surface area contributed by atoms with E-state index >= 15 is 0 Å². The van der Waals surface area contributed by atoms with Crippen LogP contribution in [0.1, 0.15) is 31.9 Å². The number of benzene rings is 1. The second-order valence-electron chi connectivity index (χ2n) is 5.38. The molecule has 20 heavy (non-hydrogen) atoms. The van der Waals surface area contributed by atoms with Crippen molar-refractivity contribution in [1.82, 2.24) is 0 Å². The first kappa shape index (κ1) is 16.1. The van der Waals surface area contributed by atoms with E-state index in [0.717, 1.165) is 6.07 Å². The van der Waals surface area contributed by atoms with E-state index in [2.05, 4.69) is 5.32 Å². The van der Waals surface area contributed by atoms with Crippen LogP contribution in [0.2, 0.25) is 0 Å². The molecule has 0 saturated carbocycles. The molecule has 0 atom stereocenters. The van der Waals surface area contributed by atoms with Gasteiger partial charge in [-0.2, -0.15) is 13.2 Å². The average Bonchev–Trinajstić information content (AvgIpc) is 2.18. The first-order valence-electron chi connectivity index (χ1n) is 5.87. The van der Waals surface area contributed by atoms with Crippen LogP contribution in [0.25, 0.3) is 0 Å². The van der Waals surface area contributed by atoms with Crippen LogP contribution in [-0.4, -0.2) is 11.7 Å². The summed E-state index contributed by atoms with van der Waals surface area (Å²) in [5.74, 6) is 0. The predicted molar refractivity (Wildman–Crippen MR) is 70.5 cm³/mol. The van der Waals surface area contributed by atoms with E-state index in [1.165, 1.54) is 13.0 Å². The lowest BCUT2D eigenvalue weighted by molar-refractivity contribution is -0.138. The molecular formula is C13H17F3N2O2. The molecule has 1 aromatic carbocycles. The molecule has 3 N–H and O–H groups in total. The van der Waals surface area contributed by atoms with Gasteiger partial charge in [0.25, 0.3) is 0 Å². The van der Waals surface area contributed by atoms with E-state index < -0.39 is 23.4 Å². The number of hydrogen-bond acceptors (Lipinski definition) is 3. The van der Waals surface area contributed by atoms with Gasteiger partial charge in [0.1, 0.15) is 5.60 Å². The maximum absolute atomic E-state index is 12.7. The lowest BCUT2D eigenvalue weighted by Gasteiger charge is -2.20. The van der Waals surface area contributed by atoms with Crippen LogP contribution in [-0.2, 0) is 10.9 Å². The van der Waals surface area contributed by atoms with Crippen LogP contribution in [0.5, 0.6) is 0 Å². The minimum atomic E-state index is -4.48. The number of carbonyl (C=O) groups excluding carboxylic acids is 1. The summed E-state index contributed by atoms with van der Waals surface area (Å²) in [6.45, 7) is 6.32. The Balaban J connectivity index is 2.99. The van der Waals surface area contributed by atoms with Gasteiger partial charge in [-0.3, -0.25) is 5.32 Å². The summed E-state index contributed by atoms with van der Waals surface area (Å²) in [6.07, 6.45) is -5.26. The molecule has 0 unspecified atom stereocenters. The van der Waals surface area contributed by atoms with Gasteiger partial charge in [-0.25, -0.2) is 4.79 Å². The zero-order valence-corrected chi connectivity index (χ0v) is 11.7. The van der Waals surface area contributed by atoms with Crippen molar-refractivity contribution >= 4 is 17.5 Å². The Morgan fingerprint density at radius 1 is 1.25 bits per heavy atom. The van der Waals surface area contributed by atoms with Crippen molar-refractivity contribution in [1.29, 1.82) is 0 Å². The molecule has 1 amide bonds. The Hall–Kier alpha value is -1.92. The SMILES string of the molecule is Cc1cc(NC(=O)OC(C)(C)C)c(N)cc1C(F)(F)F. The molecule has 7 heteroatoms. The van der Waals surface area contributed by atoms with Crippen LogP contribution < -0.4 is 11.1 Å². The number of nitrogens with two attached hydrogens (primary N) is 1. The van der Waals surface area contributed by atoms with Crippen molar-refractivity contribution < 1.29 is 22.7 Å². The zero-order valence-electron chi connectivity index (χ0n) is 11.7. The second kappa shape index (κ2) is 5.22. The largest absolute Gasteiger partial charge is 0.444 e. The van der Waals surface area contributed by atoms with E-state index in [1.54, 1.807) is 20.8 Å². The zero-order chi connectivity index (χ0) is 15.7. The Morgan fingerprint density at radius 2 is 1.80 bits per heavy atom. The smallest absolute Gasteiger partial charge is 0.416 e. The van der Waals surface area contributed by atoms with Gasteiger partial charge >= 0.3 is 12.3 Å². The van der Waals surface area contributed by atoms with Gasteiger partial charge in [-0.05, 0) is 45.4 Å². The summed E-state index contributed by atoms with van der Waals surface area (Å²) in [7, 11) is 0. The lowest BCUT2D eigenvalue weighted by Crippen LogP contribution is -2.27. The van der Waals surface area contributed by atoms with E-state index in [-0.39, 0.29) is 16.9 Å². The fourth-order valence-electron chi connectivity index (χ4n) is 1.55. The summed E-state index contributed by atoms with van der Waals surface area (Å²) < 4.78 is 43.0. The molecule has 112 valence electrons. The number of alkyl halides is 3. The minimum Gasteiger partial charge on any atom is -0.444 e. The molecule has 0 aliphatic heterocycles. The minimum absolute atomic E-state index is 0.0299. The highest BCUT2D eigenvalue weighted by molar-refractivity contribution is 5.89. The molecular weight excluding hydrogens is 273 g/mol. The monoisotopic (exact) mass is 290 g/mol. The normalized spacial score (nSPS) is 12.2. The van der Waals surface area contributed by atoms with Crippen LogP contribution in [0, 0.1) is 6.92 Å². The molecule has 0 aliphatic carbocycles. The summed E-state index contributed by atoms with van der Waals surface area (Å²) in [6, 6.07) is 1.96. The fourth-order valence-corrected chi connectivity index (χ4v) is 1.55. The number of nitrogens with one attached hydrogen (secondary N) is 1. The average molecular weight is 290 g/mol. The maximum Gasteiger partial charge on any atom is 0.416 e. The summed E-state index contributed by atoms with van der Waals surface area (Å²) >= 11 is 0. The summed E-state index contributed by atoms with van der Waals surface area (Å²) in [5, 5.41) is 2.33. The van der Waals surface area contributed by atoms with Crippen molar-refractivity contribution in [2.45, 2.75) is 39.5 Å². The summed E-state index contributed by atoms with van der Waals surface area (Å²) in [4.78, 5) is 11.6. The standard InChI is InChI=1S/C13H17F3N2O2/c1-7-5-10(18-11(19)20-12(2,3)4)9(17)6-8(7)13(14,15)16/h5-6H,17H2,1-4H3,(H,18,19). The molecule has 0 saturated heterocycles. The Kier molecular flexibility index (Phi) is 4.21. The number of aryl methyl sites for hydroxylation is 1. The molecule has 4 nitrogen and oxygen atoms in total. The van der Waals surface area contributed by atoms with Crippen LogP contribution in [0.4, 0.5) is 29.3 Å². The van der Waals surface area contributed by atoms with Gasteiger partial charge in [0.05, 0.1) is 16.9 Å². The number of carbonyl (C=O) groups is 1. The number of ether oxygens (including phenoxy) is 1. The number of nitrogen functional groups attached to an aromatic ring is 1. The Morgan fingerprint density at radius 3 is 2.25 bits per heavy atom. The number of halogens is 3. The molecule has 0 aliphatic rings. The van der Waals surface area contributed by atoms with E-state index in [4.69, 9.17) is 10.5 Å². The Bertz CT molecular complexity index is 520. The molecule has 0 fully saturated rings. The fraction of sp³-hybridized carbons (Fsp3) is 0.462. The second-order valence-corrected chi connectivity index (χ2v) is 5.38. The van der Waals surface area contributed by atoms with Crippen molar-refractivity contribution in [3.05, 3.63) is 23.3 Å². The highest BCUT2D eigenvalue weighted by Gasteiger charge is 2.33. The molecule has 0 aromatic heterocycles. The Labute approximate surface area is 115 Å². The summed E-state index contributed by atoms with van der Waals surface area (Å²) in [5.41, 5.74) is 3.88. The van der Waals surface area contributed by atoms with Crippen molar-refractivity contribution in [2.24, 2.45) is 0 Å². The van der Waals surface area contributed by atoms with Gasteiger partial charge < -0.3 is 10.5 Å². The number of hydrogen-bond donors (Lipinski definition) is 2. The molecule has 0 spiro atoms. The topological polar surface area (TPSA) is 64.3 Å². The van der Waals surface area contributed by atoms with Gasteiger partial charge in [0.15, 0.2) is 0 Å². The van der Waals surface area contributed by atoms with E-state index in [1.807, 2.05) is 0 Å². The molecule has 0 radical (unpaired) electrons. The highest BCUT2D eigenvalue weighted by Crippen LogP contribution is 2.35. The van der Waals surface area contributed by atoms with Gasteiger partial charge in [0, 0.05) is 0 Å². The molecule has 0 heterocycles. The third-order valence-corrected chi connectivity index (χ3v) is 2.34. The van der Waals surface area contributed by atoms with E-state index in [9.17, 15) is 18.0 Å². The molecule has 1 rings (SSSR count). The lowest BCUT2D eigenvalue weighted by atomic mass is 10.1. The van der Waals surface area contributed by atoms with Crippen LogP contribution in [0.3, 0.4) is 0 Å². The number of rotatable bonds is 1. The van der Waals surface area contributed by atoms with Crippen molar-refractivity contribution in [3.8, 4) is 0 Å². The van der Waals surface area contributed by atoms with Gasteiger partial charge in [-0.1, -0.05) is 0 Å². The van der Waals surface area contributed by atoms with Crippen LogP contribution in [0.15, 0.2) is 12.1 Å². The highest BCUT2D eigenvalue weighted by atomic mass is 19.4. The van der Waals surface area contributed by atoms with Crippen molar-refractivity contribution in [3.63, 3.8) is 0 Å². The van der Waals surface area contributed by atoms with Gasteiger partial charge in [-0.15, -0.1) is 0 Å². The molecule has 1 aromatic rings. The number of amides is 1. The maximum atomic E-state index is 12.7. The van der Waals surface area contributed by atoms with Crippen LogP contribution >= 0.6 is 0 Å². The van der Waals surface area contributed by atoms with Crippen molar-refractivity contribution in [2.75, 3.05) is 11.1 Å². The first-order chi connectivity index (χ1) is 8.90. The molecule has 0 bridgehead atoms.